The van der Waals surface area contributed by atoms with Crippen LogP contribution in [-0.2, 0) is 4.79 Å². The molecule has 0 aliphatic heterocycles. The van der Waals surface area contributed by atoms with Gasteiger partial charge in [-0.25, -0.2) is 0 Å². The fourth-order valence-electron chi connectivity index (χ4n) is 1.85. The number of benzene rings is 1. The molecular formula is C14H22N2O. The first-order valence-corrected chi connectivity index (χ1v) is 6.09. The Labute approximate surface area is 104 Å². The minimum Gasteiger partial charge on any atom is -0.365 e. The summed E-state index contributed by atoms with van der Waals surface area (Å²) >= 11 is 0. The maximum atomic E-state index is 11.6. The number of carbonyl (C=O) groups excluding carboxylic acids is 1. The van der Waals surface area contributed by atoms with Gasteiger partial charge in [-0.2, -0.15) is 0 Å². The second-order valence-electron chi connectivity index (χ2n) is 4.50. The van der Waals surface area contributed by atoms with Crippen molar-refractivity contribution < 1.29 is 4.79 Å². The van der Waals surface area contributed by atoms with Crippen molar-refractivity contribution in [3.63, 3.8) is 0 Å². The summed E-state index contributed by atoms with van der Waals surface area (Å²) < 4.78 is 0. The Morgan fingerprint density at radius 3 is 2.65 bits per heavy atom. The van der Waals surface area contributed by atoms with Crippen molar-refractivity contribution in [3.05, 3.63) is 29.3 Å². The molecule has 0 fully saturated rings. The highest BCUT2D eigenvalue weighted by Gasteiger charge is 2.08. The molecule has 0 saturated carbocycles. The molecular weight excluding hydrogens is 212 g/mol. The predicted octanol–water partition coefficient (Wildman–Crippen LogP) is 2.27. The Morgan fingerprint density at radius 1 is 1.35 bits per heavy atom. The molecule has 0 spiro atoms. The number of nitrogens with zero attached hydrogens (tertiary/aromatic N) is 1. The van der Waals surface area contributed by atoms with Crippen LogP contribution in [0.4, 0.5) is 5.69 Å². The zero-order chi connectivity index (χ0) is 12.8. The summed E-state index contributed by atoms with van der Waals surface area (Å²) in [7, 11) is 1.95. The molecule has 0 saturated heterocycles. The van der Waals surface area contributed by atoms with Gasteiger partial charge in [0, 0.05) is 19.3 Å². The number of nitrogens with one attached hydrogen (secondary N) is 1. The molecule has 17 heavy (non-hydrogen) atoms. The van der Waals surface area contributed by atoms with Gasteiger partial charge in [0.05, 0.1) is 6.54 Å². The van der Waals surface area contributed by atoms with Crippen LogP contribution in [0.15, 0.2) is 18.2 Å². The van der Waals surface area contributed by atoms with E-state index in [-0.39, 0.29) is 5.91 Å². The van der Waals surface area contributed by atoms with Crippen LogP contribution in [0.25, 0.3) is 0 Å². The number of amides is 1. The molecule has 0 atom stereocenters. The second-order valence-corrected chi connectivity index (χ2v) is 4.50. The fraction of sp³-hybridized carbons (Fsp3) is 0.500. The first kappa shape index (κ1) is 13.6. The van der Waals surface area contributed by atoms with Crippen LogP contribution in [-0.4, -0.2) is 26.0 Å². The summed E-state index contributed by atoms with van der Waals surface area (Å²) in [6.07, 6.45) is 0.971. The number of rotatable bonds is 5. The standard InChI is InChI=1S/C14H22N2O/c1-5-8-15-14(17)10-16(4)13-7-6-11(2)9-12(13)3/h6-7,9H,5,8,10H2,1-4H3,(H,15,17). The molecule has 1 aromatic rings. The van der Waals surface area contributed by atoms with Gasteiger partial charge < -0.3 is 10.2 Å². The molecule has 0 unspecified atom stereocenters. The molecule has 0 radical (unpaired) electrons. The summed E-state index contributed by atoms with van der Waals surface area (Å²) in [5.41, 5.74) is 3.56. The summed E-state index contributed by atoms with van der Waals surface area (Å²) in [6, 6.07) is 6.27. The predicted molar refractivity (Wildman–Crippen MR) is 72.5 cm³/mol. The van der Waals surface area contributed by atoms with Crippen LogP contribution in [0.3, 0.4) is 0 Å². The van der Waals surface area contributed by atoms with Gasteiger partial charge in [0.1, 0.15) is 0 Å². The smallest absolute Gasteiger partial charge is 0.239 e. The Hall–Kier alpha value is -1.51. The summed E-state index contributed by atoms with van der Waals surface area (Å²) in [6.45, 7) is 7.35. The maximum Gasteiger partial charge on any atom is 0.239 e. The van der Waals surface area contributed by atoms with E-state index in [0.29, 0.717) is 6.54 Å². The quantitative estimate of drug-likeness (QED) is 0.847. The van der Waals surface area contributed by atoms with Crippen molar-refractivity contribution in [3.8, 4) is 0 Å². The van der Waals surface area contributed by atoms with E-state index < -0.39 is 0 Å². The van der Waals surface area contributed by atoms with Crippen molar-refractivity contribution in [1.82, 2.24) is 5.32 Å². The largest absolute Gasteiger partial charge is 0.365 e. The molecule has 0 bridgehead atoms. The highest BCUT2D eigenvalue weighted by molar-refractivity contribution is 5.81. The van der Waals surface area contributed by atoms with Gasteiger partial charge >= 0.3 is 0 Å². The van der Waals surface area contributed by atoms with Gasteiger partial charge in [0.15, 0.2) is 0 Å². The molecule has 0 aliphatic carbocycles. The van der Waals surface area contributed by atoms with Gasteiger partial charge in [-0.15, -0.1) is 0 Å². The average molecular weight is 234 g/mol. The highest BCUT2D eigenvalue weighted by Crippen LogP contribution is 2.19. The van der Waals surface area contributed by atoms with E-state index in [2.05, 4.69) is 37.4 Å². The summed E-state index contributed by atoms with van der Waals surface area (Å²) in [5.74, 6) is 0.0781. The summed E-state index contributed by atoms with van der Waals surface area (Å²) in [5, 5.41) is 2.88. The van der Waals surface area contributed by atoms with Gasteiger partial charge in [0.25, 0.3) is 0 Å². The van der Waals surface area contributed by atoms with Gasteiger partial charge in [-0.05, 0) is 31.9 Å². The van der Waals surface area contributed by atoms with E-state index in [4.69, 9.17) is 0 Å². The third-order valence-corrected chi connectivity index (χ3v) is 2.72. The minimum atomic E-state index is 0.0781. The van der Waals surface area contributed by atoms with Crippen LogP contribution in [0.2, 0.25) is 0 Å². The van der Waals surface area contributed by atoms with Crippen molar-refractivity contribution in [2.45, 2.75) is 27.2 Å². The Kier molecular flexibility index (Phi) is 5.01. The minimum absolute atomic E-state index is 0.0781. The Bertz CT molecular complexity index is 388. The first-order chi connectivity index (χ1) is 8.04. The number of hydrogen-bond acceptors (Lipinski definition) is 2. The zero-order valence-electron chi connectivity index (χ0n) is 11.2. The molecule has 1 rings (SSSR count). The monoisotopic (exact) mass is 234 g/mol. The average Bonchev–Trinajstić information content (AvgIpc) is 2.26. The lowest BCUT2D eigenvalue weighted by Gasteiger charge is -2.21. The molecule has 1 aromatic carbocycles. The van der Waals surface area contributed by atoms with E-state index in [1.165, 1.54) is 11.1 Å². The number of aryl methyl sites for hydroxylation is 2. The number of hydrogen-bond donors (Lipinski definition) is 1. The van der Waals surface area contributed by atoms with Crippen LogP contribution in [0, 0.1) is 13.8 Å². The van der Waals surface area contributed by atoms with E-state index in [0.717, 1.165) is 18.7 Å². The molecule has 3 nitrogen and oxygen atoms in total. The van der Waals surface area contributed by atoms with Crippen LogP contribution >= 0.6 is 0 Å². The number of anilines is 1. The van der Waals surface area contributed by atoms with E-state index in [1.807, 2.05) is 18.9 Å². The van der Waals surface area contributed by atoms with Crippen molar-refractivity contribution >= 4 is 11.6 Å². The van der Waals surface area contributed by atoms with Crippen LogP contribution in [0.1, 0.15) is 24.5 Å². The molecule has 0 heterocycles. The van der Waals surface area contributed by atoms with Gasteiger partial charge in [-0.3, -0.25) is 4.79 Å². The molecule has 94 valence electrons. The number of carbonyl (C=O) groups is 1. The lowest BCUT2D eigenvalue weighted by molar-refractivity contribution is -0.119. The molecule has 0 aliphatic rings. The van der Waals surface area contributed by atoms with Crippen LogP contribution < -0.4 is 10.2 Å². The normalized spacial score (nSPS) is 10.1. The summed E-state index contributed by atoms with van der Waals surface area (Å²) in [4.78, 5) is 13.6. The van der Waals surface area contributed by atoms with E-state index in [9.17, 15) is 4.79 Å². The third-order valence-electron chi connectivity index (χ3n) is 2.72. The van der Waals surface area contributed by atoms with Crippen molar-refractivity contribution in [2.75, 3.05) is 25.0 Å². The zero-order valence-corrected chi connectivity index (χ0v) is 11.2. The highest BCUT2D eigenvalue weighted by atomic mass is 16.2. The Morgan fingerprint density at radius 2 is 2.06 bits per heavy atom. The Balaban J connectivity index is 2.63. The van der Waals surface area contributed by atoms with Gasteiger partial charge in [-0.1, -0.05) is 24.6 Å². The molecule has 1 N–H and O–H groups in total. The van der Waals surface area contributed by atoms with Crippen molar-refractivity contribution in [1.29, 1.82) is 0 Å². The second kappa shape index (κ2) is 6.28. The lowest BCUT2D eigenvalue weighted by atomic mass is 10.1. The van der Waals surface area contributed by atoms with E-state index in [1.54, 1.807) is 0 Å². The van der Waals surface area contributed by atoms with E-state index >= 15 is 0 Å². The lowest BCUT2D eigenvalue weighted by Crippen LogP contribution is -2.35. The topological polar surface area (TPSA) is 32.3 Å². The molecule has 3 heteroatoms. The molecule has 0 aromatic heterocycles. The van der Waals surface area contributed by atoms with Crippen molar-refractivity contribution in [2.24, 2.45) is 0 Å². The third kappa shape index (κ3) is 4.10. The number of likely N-dealkylation sites (N-methyl/N-ethyl adjacent to an activating group) is 1. The van der Waals surface area contributed by atoms with Gasteiger partial charge in [0.2, 0.25) is 5.91 Å². The maximum absolute atomic E-state index is 11.6. The fourth-order valence-corrected chi connectivity index (χ4v) is 1.85. The SMILES string of the molecule is CCCNC(=O)CN(C)c1ccc(C)cc1C. The first-order valence-electron chi connectivity index (χ1n) is 6.09. The molecule has 1 amide bonds. The van der Waals surface area contributed by atoms with Crippen LogP contribution in [0.5, 0.6) is 0 Å².